The van der Waals surface area contributed by atoms with Crippen molar-refractivity contribution in [2.45, 2.75) is 87.7 Å². The number of ether oxygens (including phenoxy) is 7. The lowest BCUT2D eigenvalue weighted by Crippen LogP contribution is -2.63. The molecule has 2 aliphatic heterocycles. The van der Waals surface area contributed by atoms with Crippen LogP contribution in [0.3, 0.4) is 0 Å². The number of nitrogens with one attached hydrogen (secondary N) is 1. The Hall–Kier alpha value is -6.06. The molecule has 0 bridgehead atoms. The van der Waals surface area contributed by atoms with Gasteiger partial charge >= 0.3 is 43.4 Å². The predicted molar refractivity (Wildman–Crippen MR) is 227 cm³/mol. The van der Waals surface area contributed by atoms with Crippen molar-refractivity contribution in [3.63, 3.8) is 0 Å². The van der Waals surface area contributed by atoms with Crippen LogP contribution in [-0.4, -0.2) is 127 Å². The highest BCUT2D eigenvalue weighted by atomic mass is 32.2. The molecule has 22 nitrogen and oxygen atoms in total. The zero-order valence-corrected chi connectivity index (χ0v) is 38.0. The summed E-state index contributed by atoms with van der Waals surface area (Å²) in [6.07, 6.45) is -10.4. The van der Waals surface area contributed by atoms with Crippen LogP contribution in [0, 0.1) is 11.3 Å². The first-order valence-electron chi connectivity index (χ1n) is 20.3. The van der Waals surface area contributed by atoms with Gasteiger partial charge in [0.1, 0.15) is 23.9 Å². The lowest BCUT2D eigenvalue weighted by Gasteiger charge is -2.44. The number of alkyl halides is 1. The number of hydrogen-bond acceptors (Lipinski definition) is 21. The molecule has 1 amide bonds. The van der Waals surface area contributed by atoms with Crippen molar-refractivity contribution >= 4 is 61.2 Å². The Labute approximate surface area is 386 Å². The molecule has 5 rings (SSSR count). The van der Waals surface area contributed by atoms with Crippen molar-refractivity contribution in [2.24, 2.45) is 0 Å². The molecule has 1 unspecified atom stereocenters. The minimum absolute atomic E-state index is 0.0747. The number of halogens is 1. The predicted octanol–water partition coefficient (Wildman–Crippen LogP) is 3.84. The van der Waals surface area contributed by atoms with E-state index in [1.165, 1.54) is 24.4 Å². The van der Waals surface area contributed by atoms with E-state index in [1.54, 1.807) is 48.5 Å². The number of carbonyl (C=O) groups is 6. The zero-order valence-electron chi connectivity index (χ0n) is 36.3. The molecule has 0 spiro atoms. The van der Waals surface area contributed by atoms with Crippen LogP contribution in [0.4, 0.5) is 10.2 Å². The second-order valence-electron chi connectivity index (χ2n) is 14.3. The second-order valence-corrected chi connectivity index (χ2v) is 17.4. The van der Waals surface area contributed by atoms with Crippen LogP contribution in [0.5, 0.6) is 0 Å². The fourth-order valence-electron chi connectivity index (χ4n) is 6.53. The van der Waals surface area contributed by atoms with Gasteiger partial charge < -0.3 is 38.5 Å². The molecule has 2 fully saturated rings. The number of phosphoric acid groups is 1. The fraction of sp³-hybridized carbons (Fsp3) is 0.452. The number of amides is 1. The number of esters is 5. The van der Waals surface area contributed by atoms with E-state index in [1.807, 2.05) is 6.07 Å². The van der Waals surface area contributed by atoms with Gasteiger partial charge in [-0.2, -0.15) is 10.2 Å². The quantitative estimate of drug-likeness (QED) is 0.0686. The summed E-state index contributed by atoms with van der Waals surface area (Å²) in [5.74, 6) is -4.95. The van der Waals surface area contributed by atoms with Crippen molar-refractivity contribution in [1.29, 1.82) is 5.26 Å². The summed E-state index contributed by atoms with van der Waals surface area (Å²) < 4.78 is 86.6. The number of aromatic nitrogens is 2. The van der Waals surface area contributed by atoms with Gasteiger partial charge in [-0.25, -0.2) is 18.5 Å². The van der Waals surface area contributed by atoms with Crippen LogP contribution < -0.4 is 11.0 Å². The van der Waals surface area contributed by atoms with E-state index in [4.69, 9.17) is 52.0 Å². The maximum absolute atomic E-state index is 16.6. The molecule has 0 radical (unpaired) electrons. The Kier molecular flexibility index (Phi) is 19.1. The first-order chi connectivity index (χ1) is 32.0. The van der Waals surface area contributed by atoms with E-state index in [0.717, 1.165) is 44.0 Å². The Morgan fingerprint density at radius 1 is 0.776 bits per heavy atom. The highest BCUT2D eigenvalue weighted by molar-refractivity contribution is 8.00. The number of carbonyl (C=O) groups excluding carboxylic acids is 6. The molecule has 360 valence electrons. The largest absolute Gasteiger partial charge is 0.474 e. The number of nitriles is 1. The Balaban J connectivity index is 1.33. The van der Waals surface area contributed by atoms with Crippen LogP contribution in [0.2, 0.25) is 0 Å². The molecule has 1 N–H and O–H groups in total. The summed E-state index contributed by atoms with van der Waals surface area (Å²) in [6, 6.07) is 18.9. The number of anilines is 1. The van der Waals surface area contributed by atoms with Crippen molar-refractivity contribution < 1.29 is 84.5 Å². The smallest absolute Gasteiger partial charge is 0.463 e. The van der Waals surface area contributed by atoms with E-state index in [-0.39, 0.29) is 17.8 Å². The third kappa shape index (κ3) is 15.0. The van der Waals surface area contributed by atoms with Gasteiger partial charge in [0.05, 0.1) is 49.7 Å². The van der Waals surface area contributed by atoms with Gasteiger partial charge in [-0.05, 0) is 30.3 Å². The zero-order chi connectivity index (χ0) is 48.7. The van der Waals surface area contributed by atoms with Crippen LogP contribution in [0.1, 0.15) is 60.2 Å². The number of benzene rings is 2. The highest BCUT2D eigenvalue weighted by Crippen LogP contribution is 2.52. The minimum atomic E-state index is -4.72. The first-order valence-corrected chi connectivity index (χ1v) is 22.7. The minimum Gasteiger partial charge on any atom is -0.463 e. The van der Waals surface area contributed by atoms with Crippen LogP contribution in [0.25, 0.3) is 0 Å². The van der Waals surface area contributed by atoms with Crippen molar-refractivity contribution in [2.75, 3.05) is 38.4 Å². The summed E-state index contributed by atoms with van der Waals surface area (Å²) in [5, 5.41) is 9.07. The molecule has 2 aromatic carbocycles. The van der Waals surface area contributed by atoms with Crippen LogP contribution in [0.15, 0.2) is 77.7 Å². The summed E-state index contributed by atoms with van der Waals surface area (Å²) in [6.45, 7) is 1.35. The van der Waals surface area contributed by atoms with Gasteiger partial charge in [0, 0.05) is 39.5 Å². The first kappa shape index (κ1) is 51.9. The normalized spacial score (nSPS) is 24.2. The van der Waals surface area contributed by atoms with Crippen molar-refractivity contribution in [3.05, 3.63) is 94.5 Å². The molecule has 10 atom stereocenters. The Morgan fingerprint density at radius 2 is 1.39 bits per heavy atom. The van der Waals surface area contributed by atoms with Gasteiger partial charge in [0.15, 0.2) is 36.9 Å². The van der Waals surface area contributed by atoms with E-state index < -0.39 is 136 Å². The molecule has 2 aliphatic rings. The standard InChI is InChI=1S/C42H46FN4O18PS/c1-24(48)57-22-30-34(61-25(2)49)36(62-26(3)50)37(63-27(4)51)41(64-30)56-20-21-59-66(55,58-19-11-17-44)60-23-31-35(65-40(53)29-14-9-6-10-15-29)33(43)39(67-31)47-18-16-32(46-42(47)54)45-38(52)28-12-7-5-8-13-28/h5-10,12-16,18,30-31,33-37,39,41H,11,19-23H2,1-4H3,(H,45,46,52,54)/t30-,31-,33+,34-,35-,36+,37-,39-,41-,66?/m1/s1. The number of nitrogens with zero attached hydrogens (tertiary/aromatic N) is 3. The summed E-state index contributed by atoms with van der Waals surface area (Å²) in [5.41, 5.74) is -0.598. The Bertz CT molecular complexity index is 2370. The average Bonchev–Trinajstić information content (AvgIpc) is 3.59. The van der Waals surface area contributed by atoms with Gasteiger partial charge in [-0.3, -0.25) is 42.1 Å². The molecule has 0 aliphatic carbocycles. The molecule has 2 saturated heterocycles. The summed E-state index contributed by atoms with van der Waals surface area (Å²) in [7, 11) is -4.72. The highest BCUT2D eigenvalue weighted by Gasteiger charge is 2.53. The van der Waals surface area contributed by atoms with E-state index in [9.17, 15) is 38.1 Å². The van der Waals surface area contributed by atoms with Crippen LogP contribution in [-0.2, 0) is 70.5 Å². The van der Waals surface area contributed by atoms with E-state index in [2.05, 4.69) is 10.3 Å². The topological polar surface area (TPSA) is 282 Å². The van der Waals surface area contributed by atoms with Crippen molar-refractivity contribution in [1.82, 2.24) is 9.55 Å². The Morgan fingerprint density at radius 3 is 2.00 bits per heavy atom. The molecular weight excluding hydrogens is 931 g/mol. The number of hydrogen-bond donors (Lipinski definition) is 1. The van der Waals surface area contributed by atoms with Gasteiger partial charge in [0.25, 0.3) is 5.91 Å². The lowest BCUT2D eigenvalue weighted by atomic mass is 9.98. The molecular formula is C42H46FN4O18PS. The SMILES string of the molecule is CC(=O)OC[C@H]1O[C@@H](OCCOP(=O)(OCCC#N)OC[C@H]2S[C@@H](n3ccc(NC(=O)c4ccccc4)nc3=O)[C@@H](F)[C@@H]2OC(=O)c2ccccc2)[C@H](OC(C)=O)[C@@H](OC(C)=O)[C@@H]1OC(C)=O. The molecule has 0 saturated carbocycles. The molecule has 1 aromatic heterocycles. The molecule has 67 heavy (non-hydrogen) atoms. The van der Waals surface area contributed by atoms with Gasteiger partial charge in [-0.15, -0.1) is 11.8 Å². The molecule has 3 heterocycles. The second kappa shape index (κ2) is 24.6. The van der Waals surface area contributed by atoms with E-state index in [0.29, 0.717) is 5.56 Å². The van der Waals surface area contributed by atoms with E-state index >= 15 is 4.39 Å². The van der Waals surface area contributed by atoms with Crippen LogP contribution >= 0.6 is 19.6 Å². The molecule has 25 heteroatoms. The maximum Gasteiger partial charge on any atom is 0.474 e. The monoisotopic (exact) mass is 976 g/mol. The number of phosphoric ester groups is 1. The van der Waals surface area contributed by atoms with Gasteiger partial charge in [-0.1, -0.05) is 36.4 Å². The molecule has 3 aromatic rings. The third-order valence-electron chi connectivity index (χ3n) is 9.32. The third-order valence-corrected chi connectivity index (χ3v) is 12.3. The number of thioether (sulfide) groups is 1. The summed E-state index contributed by atoms with van der Waals surface area (Å²) >= 11 is 0.776. The average molecular weight is 977 g/mol. The number of rotatable bonds is 21. The summed E-state index contributed by atoms with van der Waals surface area (Å²) in [4.78, 5) is 91.3. The maximum atomic E-state index is 16.6. The van der Waals surface area contributed by atoms with Crippen molar-refractivity contribution in [3.8, 4) is 6.07 Å². The lowest BCUT2D eigenvalue weighted by molar-refractivity contribution is -0.308. The fourth-order valence-corrected chi connectivity index (χ4v) is 9.27. The van der Waals surface area contributed by atoms with Gasteiger partial charge in [0.2, 0.25) is 0 Å².